The second-order valence-electron chi connectivity index (χ2n) is 5.81. The molecule has 3 rings (SSSR count). The molecule has 4 N–H and O–H groups in total. The average molecular weight is 434 g/mol. The fourth-order valence-corrected chi connectivity index (χ4v) is 3.66. The van der Waals surface area contributed by atoms with Crippen molar-refractivity contribution in [2.45, 2.75) is 17.1 Å². The van der Waals surface area contributed by atoms with Crippen molar-refractivity contribution >= 4 is 51.4 Å². The molecule has 6 nitrogen and oxygen atoms in total. The summed E-state index contributed by atoms with van der Waals surface area (Å²) in [4.78, 5) is 28.3. The molecule has 0 spiro atoms. The van der Waals surface area contributed by atoms with Gasteiger partial charge in [0, 0.05) is 16.0 Å². The van der Waals surface area contributed by atoms with Gasteiger partial charge in [-0.15, -0.1) is 11.3 Å². The normalized spacial score (nSPS) is 10.7. The van der Waals surface area contributed by atoms with E-state index in [0.29, 0.717) is 44.4 Å². The molecule has 0 fully saturated rings. The van der Waals surface area contributed by atoms with Crippen LogP contribution in [0.25, 0.3) is 0 Å². The number of carbonyl (C=O) groups is 2. The first kappa shape index (κ1) is 20.7. The third-order valence-electron chi connectivity index (χ3n) is 3.66. The minimum atomic E-state index is -2.48. The monoisotopic (exact) mass is 434 g/mol. The molecule has 0 radical (unpaired) electrons. The number of aromatic nitrogens is 1. The zero-order chi connectivity index (χ0) is 20.8. The number of halogens is 2. The first-order valence-electron chi connectivity index (χ1n) is 8.35. The summed E-state index contributed by atoms with van der Waals surface area (Å²) in [6, 6.07) is 13.4. The molecule has 0 aliphatic carbocycles. The number of anilines is 3. The fourth-order valence-electron chi connectivity index (χ4n) is 2.45. The number of hydrogen-bond acceptors (Lipinski definition) is 6. The Hall–Kier alpha value is -2.98. The maximum Gasteiger partial charge on any atom is 0.288 e. The lowest BCUT2D eigenvalue weighted by atomic mass is 10.1. The van der Waals surface area contributed by atoms with E-state index in [1.54, 1.807) is 53.9 Å². The third-order valence-corrected chi connectivity index (χ3v) is 5.19. The molecule has 150 valence electrons. The van der Waals surface area contributed by atoms with E-state index in [0.717, 1.165) is 0 Å². The van der Waals surface area contributed by atoms with Gasteiger partial charge in [0.1, 0.15) is 0 Å². The molecular weight excluding hydrogens is 418 g/mol. The number of rotatable bonds is 8. The largest absolute Gasteiger partial charge is 0.369 e. The number of thioether (sulfide) groups is 1. The third kappa shape index (κ3) is 6.00. The van der Waals surface area contributed by atoms with Gasteiger partial charge in [0.05, 0.1) is 23.4 Å². The summed E-state index contributed by atoms with van der Waals surface area (Å²) in [7, 11) is 0. The minimum absolute atomic E-state index is 0.00432. The molecule has 2 aromatic carbocycles. The smallest absolute Gasteiger partial charge is 0.288 e. The van der Waals surface area contributed by atoms with Gasteiger partial charge < -0.3 is 11.1 Å². The first-order valence-corrected chi connectivity index (χ1v) is 10.1. The lowest BCUT2D eigenvalue weighted by Crippen LogP contribution is -2.15. The van der Waals surface area contributed by atoms with Gasteiger partial charge in [-0.25, -0.2) is 4.98 Å². The van der Waals surface area contributed by atoms with Gasteiger partial charge in [-0.05, 0) is 36.4 Å². The van der Waals surface area contributed by atoms with Crippen LogP contribution < -0.4 is 16.4 Å². The molecular formula is C19H16F2N4O2S2. The van der Waals surface area contributed by atoms with Crippen molar-refractivity contribution in [3.63, 3.8) is 0 Å². The fraction of sp³-hybridized carbons (Fsp3) is 0.105. The van der Waals surface area contributed by atoms with Crippen LogP contribution >= 0.6 is 23.1 Å². The van der Waals surface area contributed by atoms with Crippen LogP contribution in [0.5, 0.6) is 0 Å². The van der Waals surface area contributed by atoms with Crippen molar-refractivity contribution in [1.82, 2.24) is 4.98 Å². The number of nitrogens with two attached hydrogens (primary N) is 1. The molecule has 0 bridgehead atoms. The summed E-state index contributed by atoms with van der Waals surface area (Å²) in [6.07, 6.45) is 0.00432. The lowest BCUT2D eigenvalue weighted by Gasteiger charge is -2.12. The maximum absolute atomic E-state index is 12.7. The molecule has 3 aromatic rings. The Morgan fingerprint density at radius 2 is 1.86 bits per heavy atom. The number of hydrogen-bond donors (Lipinski definition) is 3. The second kappa shape index (κ2) is 9.48. The van der Waals surface area contributed by atoms with Gasteiger partial charge in [0.15, 0.2) is 5.13 Å². The Morgan fingerprint density at radius 3 is 2.55 bits per heavy atom. The maximum atomic E-state index is 12.7. The van der Waals surface area contributed by atoms with Crippen molar-refractivity contribution in [2.75, 3.05) is 10.6 Å². The van der Waals surface area contributed by atoms with Crippen LogP contribution in [0.2, 0.25) is 0 Å². The zero-order valence-corrected chi connectivity index (χ0v) is 16.5. The van der Waals surface area contributed by atoms with Crippen LogP contribution in [0, 0.1) is 0 Å². The molecule has 0 aliphatic heterocycles. The number of amides is 2. The number of nitrogens with zero attached hydrogens (tertiary/aromatic N) is 1. The summed E-state index contributed by atoms with van der Waals surface area (Å²) in [5, 5.41) is 7.83. The van der Waals surface area contributed by atoms with Gasteiger partial charge in [0.25, 0.3) is 11.7 Å². The number of thiazole rings is 1. The Kier molecular flexibility index (Phi) is 6.78. The van der Waals surface area contributed by atoms with E-state index in [1.165, 1.54) is 11.3 Å². The summed E-state index contributed by atoms with van der Waals surface area (Å²) in [5.74, 6) is -3.36. The van der Waals surface area contributed by atoms with Gasteiger partial charge in [-0.2, -0.15) is 8.78 Å². The highest BCUT2D eigenvalue weighted by atomic mass is 32.2. The summed E-state index contributed by atoms with van der Waals surface area (Å²) < 4.78 is 24.9. The zero-order valence-electron chi connectivity index (χ0n) is 14.9. The predicted molar refractivity (Wildman–Crippen MR) is 111 cm³/mol. The molecule has 1 heterocycles. The second-order valence-corrected chi connectivity index (χ2v) is 7.74. The molecule has 0 atom stereocenters. The molecule has 0 saturated heterocycles. The van der Waals surface area contributed by atoms with E-state index in [2.05, 4.69) is 15.6 Å². The van der Waals surface area contributed by atoms with Crippen molar-refractivity contribution in [3.8, 4) is 0 Å². The highest BCUT2D eigenvalue weighted by Crippen LogP contribution is 2.28. The van der Waals surface area contributed by atoms with Crippen LogP contribution in [0.1, 0.15) is 16.1 Å². The number of nitrogens with one attached hydrogen (secondary N) is 2. The Labute approximate surface area is 173 Å². The predicted octanol–water partition coefficient (Wildman–Crippen LogP) is 4.48. The molecule has 1 aromatic heterocycles. The van der Waals surface area contributed by atoms with Crippen LogP contribution in [-0.2, 0) is 11.2 Å². The minimum Gasteiger partial charge on any atom is -0.369 e. The summed E-state index contributed by atoms with van der Waals surface area (Å²) in [6.45, 7) is 0. The van der Waals surface area contributed by atoms with Gasteiger partial charge >= 0.3 is 0 Å². The number of benzene rings is 2. The highest BCUT2D eigenvalue weighted by Gasteiger charge is 2.14. The number of carbonyl (C=O) groups excluding carboxylic acids is 2. The van der Waals surface area contributed by atoms with Crippen LogP contribution in [0.3, 0.4) is 0 Å². The number of primary amides is 1. The number of para-hydroxylation sites is 1. The van der Waals surface area contributed by atoms with Crippen molar-refractivity contribution in [1.29, 1.82) is 0 Å². The van der Waals surface area contributed by atoms with Crippen molar-refractivity contribution in [3.05, 3.63) is 65.2 Å². The Bertz CT molecular complexity index is 1010. The van der Waals surface area contributed by atoms with E-state index in [-0.39, 0.29) is 12.3 Å². The molecule has 0 saturated carbocycles. The highest BCUT2D eigenvalue weighted by molar-refractivity contribution is 7.99. The van der Waals surface area contributed by atoms with Crippen LogP contribution in [-0.4, -0.2) is 22.6 Å². The van der Waals surface area contributed by atoms with Crippen LogP contribution in [0.4, 0.5) is 25.3 Å². The molecule has 10 heteroatoms. The standard InChI is InChI=1S/C19H16F2N4O2S2/c20-18(21)29-13-7-5-11(6-8-13)23-15-4-2-1-3-14(15)17(27)25-19-24-12(10-28-19)9-16(22)26/h1-8,10,18,23H,9H2,(H2,22,26)(H,24,25,27). The quantitative estimate of drug-likeness (QED) is 0.454. The van der Waals surface area contributed by atoms with Crippen molar-refractivity contribution < 1.29 is 18.4 Å². The average Bonchev–Trinajstić information content (AvgIpc) is 3.09. The lowest BCUT2D eigenvalue weighted by molar-refractivity contribution is -0.117. The van der Waals surface area contributed by atoms with Gasteiger partial charge in [-0.3, -0.25) is 14.9 Å². The van der Waals surface area contributed by atoms with Crippen LogP contribution in [0.15, 0.2) is 58.8 Å². The Balaban J connectivity index is 1.72. The molecule has 2 amide bonds. The van der Waals surface area contributed by atoms with E-state index < -0.39 is 11.7 Å². The molecule has 0 aliphatic rings. The van der Waals surface area contributed by atoms with Crippen molar-refractivity contribution in [2.24, 2.45) is 5.73 Å². The van der Waals surface area contributed by atoms with E-state index in [4.69, 9.17) is 5.73 Å². The molecule has 0 unspecified atom stereocenters. The SMILES string of the molecule is NC(=O)Cc1csc(NC(=O)c2ccccc2Nc2ccc(SC(F)F)cc2)n1. The topological polar surface area (TPSA) is 97.1 Å². The summed E-state index contributed by atoms with van der Waals surface area (Å²) in [5.41, 5.74) is 7.22. The Morgan fingerprint density at radius 1 is 1.14 bits per heavy atom. The van der Waals surface area contributed by atoms with Gasteiger partial charge in [0.2, 0.25) is 5.91 Å². The molecule has 29 heavy (non-hydrogen) atoms. The van der Waals surface area contributed by atoms with Gasteiger partial charge in [-0.1, -0.05) is 23.9 Å². The summed E-state index contributed by atoms with van der Waals surface area (Å²) >= 11 is 1.66. The van der Waals surface area contributed by atoms with E-state index >= 15 is 0 Å². The first-order chi connectivity index (χ1) is 13.9. The number of alkyl halides is 2. The van der Waals surface area contributed by atoms with E-state index in [1.807, 2.05) is 0 Å². The van der Waals surface area contributed by atoms with E-state index in [9.17, 15) is 18.4 Å².